The average Bonchev–Trinajstić information content (AvgIpc) is 3.08. The standard InChI is InChI=1S/C20H18N2O2S/c1-3-10-24-18-12-14(8-9-17(18)23-2)11-15(13-21)20-22-16-6-4-5-7-19(16)25-20/h4-9,11-12H,3,10H2,1-2H3/b15-11+. The van der Waals surface area contributed by atoms with Crippen molar-refractivity contribution in [3.8, 4) is 17.6 Å². The van der Waals surface area contributed by atoms with Crippen LogP contribution in [0.2, 0.25) is 0 Å². The first kappa shape index (κ1) is 17.0. The quantitative estimate of drug-likeness (QED) is 0.576. The zero-order valence-corrected chi connectivity index (χ0v) is 15.0. The van der Waals surface area contributed by atoms with E-state index in [0.29, 0.717) is 23.7 Å². The highest BCUT2D eigenvalue weighted by Crippen LogP contribution is 2.31. The second kappa shape index (κ2) is 7.82. The predicted molar refractivity (Wildman–Crippen MR) is 102 cm³/mol. The van der Waals surface area contributed by atoms with Crippen LogP contribution in [0.3, 0.4) is 0 Å². The van der Waals surface area contributed by atoms with E-state index in [2.05, 4.69) is 18.0 Å². The van der Waals surface area contributed by atoms with Gasteiger partial charge in [-0.2, -0.15) is 5.26 Å². The fourth-order valence-electron chi connectivity index (χ4n) is 2.40. The fourth-order valence-corrected chi connectivity index (χ4v) is 3.34. The summed E-state index contributed by atoms with van der Waals surface area (Å²) < 4.78 is 12.1. The molecule has 0 amide bonds. The smallest absolute Gasteiger partial charge is 0.161 e. The predicted octanol–water partition coefficient (Wildman–Crippen LogP) is 5.16. The first-order chi connectivity index (χ1) is 12.2. The van der Waals surface area contributed by atoms with Crippen molar-refractivity contribution >= 4 is 33.2 Å². The van der Waals surface area contributed by atoms with E-state index in [-0.39, 0.29) is 0 Å². The molecule has 1 aromatic heterocycles. The fraction of sp³-hybridized carbons (Fsp3) is 0.200. The zero-order chi connectivity index (χ0) is 17.6. The first-order valence-electron chi connectivity index (χ1n) is 8.03. The molecule has 126 valence electrons. The van der Waals surface area contributed by atoms with Crippen LogP contribution in [0.25, 0.3) is 21.9 Å². The maximum absolute atomic E-state index is 9.57. The summed E-state index contributed by atoms with van der Waals surface area (Å²) in [5.74, 6) is 1.36. The van der Waals surface area contributed by atoms with Crippen LogP contribution in [0.15, 0.2) is 42.5 Å². The van der Waals surface area contributed by atoms with Gasteiger partial charge in [-0.1, -0.05) is 25.1 Å². The molecule has 1 heterocycles. The largest absolute Gasteiger partial charge is 0.493 e. The molecule has 0 saturated heterocycles. The van der Waals surface area contributed by atoms with Gasteiger partial charge in [-0.05, 0) is 42.3 Å². The highest BCUT2D eigenvalue weighted by atomic mass is 32.1. The van der Waals surface area contributed by atoms with Crippen molar-refractivity contribution in [2.24, 2.45) is 0 Å². The molecule has 3 rings (SSSR count). The van der Waals surface area contributed by atoms with Crippen molar-refractivity contribution < 1.29 is 9.47 Å². The molecule has 5 heteroatoms. The minimum Gasteiger partial charge on any atom is -0.493 e. The van der Waals surface area contributed by atoms with E-state index < -0.39 is 0 Å². The average molecular weight is 350 g/mol. The number of nitriles is 1. The molecule has 0 N–H and O–H groups in total. The van der Waals surface area contributed by atoms with Gasteiger partial charge in [0, 0.05) is 0 Å². The Morgan fingerprint density at radius 3 is 2.80 bits per heavy atom. The number of benzene rings is 2. The molecule has 0 spiro atoms. The van der Waals surface area contributed by atoms with E-state index in [9.17, 15) is 5.26 Å². The molecule has 0 unspecified atom stereocenters. The molecule has 0 fully saturated rings. The van der Waals surface area contributed by atoms with Crippen LogP contribution in [-0.2, 0) is 0 Å². The van der Waals surface area contributed by atoms with E-state index in [4.69, 9.17) is 9.47 Å². The summed E-state index contributed by atoms with van der Waals surface area (Å²) in [6.07, 6.45) is 2.74. The number of fused-ring (bicyclic) bond motifs is 1. The maximum atomic E-state index is 9.57. The van der Waals surface area contributed by atoms with Gasteiger partial charge in [0.05, 0.1) is 29.5 Å². The Kier molecular flexibility index (Phi) is 5.32. The molecule has 0 atom stereocenters. The van der Waals surface area contributed by atoms with Crippen LogP contribution in [0, 0.1) is 11.3 Å². The minimum absolute atomic E-state index is 0.535. The topological polar surface area (TPSA) is 55.1 Å². The molecule has 2 aromatic carbocycles. The van der Waals surface area contributed by atoms with Crippen LogP contribution in [0.4, 0.5) is 0 Å². The van der Waals surface area contributed by atoms with Gasteiger partial charge in [0.2, 0.25) is 0 Å². The molecular weight excluding hydrogens is 332 g/mol. The zero-order valence-electron chi connectivity index (χ0n) is 14.2. The van der Waals surface area contributed by atoms with Gasteiger partial charge in [-0.25, -0.2) is 4.98 Å². The molecule has 0 aliphatic carbocycles. The van der Waals surface area contributed by atoms with Crippen LogP contribution in [0.1, 0.15) is 23.9 Å². The number of rotatable bonds is 6. The number of nitrogens with zero attached hydrogens (tertiary/aromatic N) is 2. The monoisotopic (exact) mass is 350 g/mol. The number of para-hydroxylation sites is 1. The molecule has 3 aromatic rings. The summed E-state index contributed by atoms with van der Waals surface area (Å²) in [5, 5.41) is 10.3. The highest BCUT2D eigenvalue weighted by Gasteiger charge is 2.10. The van der Waals surface area contributed by atoms with Crippen molar-refractivity contribution in [1.82, 2.24) is 4.98 Å². The SMILES string of the molecule is CCCOc1cc(/C=C(\C#N)c2nc3ccccc3s2)ccc1OC. The van der Waals surface area contributed by atoms with E-state index in [1.807, 2.05) is 48.5 Å². The molecule has 0 aliphatic heterocycles. The first-order valence-corrected chi connectivity index (χ1v) is 8.85. The Labute approximate surface area is 151 Å². The summed E-state index contributed by atoms with van der Waals surface area (Å²) in [7, 11) is 1.62. The Morgan fingerprint density at radius 1 is 1.24 bits per heavy atom. The van der Waals surface area contributed by atoms with Crippen molar-refractivity contribution in [1.29, 1.82) is 5.26 Å². The molecule has 0 saturated carbocycles. The molecule has 4 nitrogen and oxygen atoms in total. The summed E-state index contributed by atoms with van der Waals surface area (Å²) in [6.45, 7) is 2.67. The third kappa shape index (κ3) is 3.81. The number of methoxy groups -OCH3 is 1. The summed E-state index contributed by atoms with van der Waals surface area (Å²) >= 11 is 1.52. The van der Waals surface area contributed by atoms with Gasteiger partial charge < -0.3 is 9.47 Å². The van der Waals surface area contributed by atoms with E-state index >= 15 is 0 Å². The second-order valence-corrected chi connectivity index (χ2v) is 6.45. The van der Waals surface area contributed by atoms with Crippen molar-refractivity contribution in [2.45, 2.75) is 13.3 Å². The Bertz CT molecular complexity index is 921. The van der Waals surface area contributed by atoms with E-state index in [1.54, 1.807) is 7.11 Å². The van der Waals surface area contributed by atoms with Gasteiger partial charge in [-0.15, -0.1) is 11.3 Å². The van der Waals surface area contributed by atoms with Gasteiger partial charge >= 0.3 is 0 Å². The number of hydrogen-bond acceptors (Lipinski definition) is 5. The van der Waals surface area contributed by atoms with Crippen LogP contribution in [0.5, 0.6) is 11.5 Å². The van der Waals surface area contributed by atoms with Crippen molar-refractivity contribution in [3.05, 3.63) is 53.0 Å². The molecule has 0 bridgehead atoms. The summed E-state index contributed by atoms with van der Waals surface area (Å²) in [4.78, 5) is 4.56. The lowest BCUT2D eigenvalue weighted by molar-refractivity contribution is 0.294. The lowest BCUT2D eigenvalue weighted by Gasteiger charge is -2.10. The number of ether oxygens (including phenoxy) is 2. The number of hydrogen-bond donors (Lipinski definition) is 0. The van der Waals surface area contributed by atoms with Crippen molar-refractivity contribution in [3.63, 3.8) is 0 Å². The van der Waals surface area contributed by atoms with Crippen LogP contribution < -0.4 is 9.47 Å². The Balaban J connectivity index is 1.97. The number of aromatic nitrogens is 1. The third-order valence-electron chi connectivity index (χ3n) is 3.61. The Morgan fingerprint density at radius 2 is 2.08 bits per heavy atom. The van der Waals surface area contributed by atoms with E-state index in [1.165, 1.54) is 11.3 Å². The Hall–Kier alpha value is -2.84. The lowest BCUT2D eigenvalue weighted by Crippen LogP contribution is -1.98. The van der Waals surface area contributed by atoms with Gasteiger partial charge in [0.15, 0.2) is 11.5 Å². The van der Waals surface area contributed by atoms with Gasteiger partial charge in [0.1, 0.15) is 11.1 Å². The van der Waals surface area contributed by atoms with Gasteiger partial charge in [-0.3, -0.25) is 0 Å². The minimum atomic E-state index is 0.535. The lowest BCUT2D eigenvalue weighted by atomic mass is 10.1. The van der Waals surface area contributed by atoms with Crippen molar-refractivity contribution in [2.75, 3.05) is 13.7 Å². The third-order valence-corrected chi connectivity index (χ3v) is 4.67. The summed E-state index contributed by atoms with van der Waals surface area (Å²) in [5.41, 5.74) is 2.32. The van der Waals surface area contributed by atoms with Crippen LogP contribution in [-0.4, -0.2) is 18.7 Å². The van der Waals surface area contributed by atoms with E-state index in [0.717, 1.165) is 27.2 Å². The molecular formula is C20H18N2O2S. The second-order valence-electron chi connectivity index (χ2n) is 5.42. The number of thiazole rings is 1. The molecule has 0 aliphatic rings. The molecule has 0 radical (unpaired) electrons. The number of allylic oxidation sites excluding steroid dienone is 1. The maximum Gasteiger partial charge on any atom is 0.161 e. The van der Waals surface area contributed by atoms with Gasteiger partial charge in [0.25, 0.3) is 0 Å². The molecule has 25 heavy (non-hydrogen) atoms. The summed E-state index contributed by atoms with van der Waals surface area (Å²) in [6, 6.07) is 15.8. The van der Waals surface area contributed by atoms with Crippen LogP contribution >= 0.6 is 11.3 Å². The highest BCUT2D eigenvalue weighted by molar-refractivity contribution is 7.19. The normalized spacial score (nSPS) is 11.3.